The van der Waals surface area contributed by atoms with Crippen molar-refractivity contribution < 1.29 is 19.5 Å². The SMILES string of the molecule is O=C1CNC(=O)c2cc(C(=O)N3CCC=C(c4ccccc4O)C3)ccc2N1. The molecule has 2 aromatic rings. The standard InChI is InChI=1S/C21H19N3O4/c25-18-6-2-1-5-15(18)14-4-3-9-24(12-14)21(28)13-7-8-17-16(10-13)20(27)22-11-19(26)23-17/h1-2,4-8,10,25H,3,9,11-12H2,(H,22,27)(H,23,26). The molecule has 0 spiro atoms. The van der Waals surface area contributed by atoms with E-state index in [0.29, 0.717) is 36.3 Å². The van der Waals surface area contributed by atoms with Crippen molar-refractivity contribution in [2.45, 2.75) is 6.42 Å². The van der Waals surface area contributed by atoms with Gasteiger partial charge in [0.2, 0.25) is 5.91 Å². The van der Waals surface area contributed by atoms with Crippen molar-refractivity contribution in [3.8, 4) is 5.75 Å². The number of fused-ring (bicyclic) bond motifs is 1. The van der Waals surface area contributed by atoms with E-state index in [4.69, 9.17) is 0 Å². The van der Waals surface area contributed by atoms with Crippen molar-refractivity contribution in [1.82, 2.24) is 10.2 Å². The normalized spacial score (nSPS) is 16.4. The van der Waals surface area contributed by atoms with Crippen LogP contribution in [0.25, 0.3) is 5.57 Å². The summed E-state index contributed by atoms with van der Waals surface area (Å²) in [5.74, 6) is -0.719. The third kappa shape index (κ3) is 3.34. The van der Waals surface area contributed by atoms with Crippen LogP contribution in [0.3, 0.4) is 0 Å². The minimum atomic E-state index is -0.392. The fourth-order valence-corrected chi connectivity index (χ4v) is 3.46. The third-order valence-corrected chi connectivity index (χ3v) is 4.88. The molecule has 0 bridgehead atoms. The molecule has 0 radical (unpaired) electrons. The fraction of sp³-hybridized carbons (Fsp3) is 0.190. The Bertz CT molecular complexity index is 1010. The summed E-state index contributed by atoms with van der Waals surface area (Å²) >= 11 is 0. The highest BCUT2D eigenvalue weighted by molar-refractivity contribution is 6.10. The molecule has 3 amide bonds. The van der Waals surface area contributed by atoms with Crippen LogP contribution in [0, 0.1) is 0 Å². The molecule has 2 heterocycles. The average Bonchev–Trinajstić information content (AvgIpc) is 2.86. The number of hydrogen-bond acceptors (Lipinski definition) is 4. The Kier molecular flexibility index (Phi) is 4.57. The highest BCUT2D eigenvalue weighted by atomic mass is 16.3. The molecule has 0 unspecified atom stereocenters. The van der Waals surface area contributed by atoms with Crippen molar-refractivity contribution >= 4 is 29.0 Å². The van der Waals surface area contributed by atoms with Crippen LogP contribution in [0.4, 0.5) is 5.69 Å². The van der Waals surface area contributed by atoms with Crippen LogP contribution in [-0.4, -0.2) is 47.4 Å². The number of nitrogens with one attached hydrogen (secondary N) is 2. The van der Waals surface area contributed by atoms with E-state index in [1.54, 1.807) is 29.2 Å². The molecule has 2 aromatic carbocycles. The summed E-state index contributed by atoms with van der Waals surface area (Å²) in [6.45, 7) is 0.823. The summed E-state index contributed by atoms with van der Waals surface area (Å²) in [6, 6.07) is 11.7. The van der Waals surface area contributed by atoms with Crippen LogP contribution in [0.2, 0.25) is 0 Å². The monoisotopic (exact) mass is 377 g/mol. The number of para-hydroxylation sites is 1. The van der Waals surface area contributed by atoms with Gasteiger partial charge in [-0.1, -0.05) is 24.3 Å². The lowest BCUT2D eigenvalue weighted by Crippen LogP contribution is -2.35. The Labute approximate surface area is 161 Å². The molecule has 28 heavy (non-hydrogen) atoms. The number of aromatic hydroxyl groups is 1. The van der Waals surface area contributed by atoms with Crippen LogP contribution in [0.1, 0.15) is 32.7 Å². The molecule has 7 heteroatoms. The first-order chi connectivity index (χ1) is 13.5. The number of carbonyl (C=O) groups excluding carboxylic acids is 3. The Balaban J connectivity index is 1.59. The molecule has 0 aromatic heterocycles. The van der Waals surface area contributed by atoms with Gasteiger partial charge in [-0.15, -0.1) is 0 Å². The molecule has 142 valence electrons. The number of phenols is 1. The number of rotatable bonds is 2. The summed E-state index contributed by atoms with van der Waals surface area (Å²) in [5, 5.41) is 15.3. The second-order valence-electron chi connectivity index (χ2n) is 6.75. The number of anilines is 1. The Morgan fingerprint density at radius 2 is 1.89 bits per heavy atom. The van der Waals surface area contributed by atoms with Gasteiger partial charge in [0, 0.05) is 24.2 Å². The highest BCUT2D eigenvalue weighted by Gasteiger charge is 2.25. The van der Waals surface area contributed by atoms with Gasteiger partial charge in [-0.3, -0.25) is 14.4 Å². The van der Waals surface area contributed by atoms with Crippen molar-refractivity contribution in [2.24, 2.45) is 0 Å². The van der Waals surface area contributed by atoms with Crippen molar-refractivity contribution in [3.63, 3.8) is 0 Å². The van der Waals surface area contributed by atoms with Crippen LogP contribution in [0.15, 0.2) is 48.5 Å². The van der Waals surface area contributed by atoms with Gasteiger partial charge >= 0.3 is 0 Å². The van der Waals surface area contributed by atoms with E-state index in [2.05, 4.69) is 10.6 Å². The lowest BCUT2D eigenvalue weighted by Gasteiger charge is -2.28. The quantitative estimate of drug-likeness (QED) is 0.745. The first-order valence-electron chi connectivity index (χ1n) is 9.02. The molecule has 0 saturated heterocycles. The maximum absolute atomic E-state index is 13.0. The van der Waals surface area contributed by atoms with E-state index in [9.17, 15) is 19.5 Å². The summed E-state index contributed by atoms with van der Waals surface area (Å²) in [6.07, 6.45) is 2.70. The second-order valence-corrected chi connectivity index (χ2v) is 6.75. The van der Waals surface area contributed by atoms with Gasteiger partial charge in [0.15, 0.2) is 0 Å². The summed E-state index contributed by atoms with van der Waals surface area (Å²) < 4.78 is 0. The summed E-state index contributed by atoms with van der Waals surface area (Å²) in [7, 11) is 0. The Hall–Kier alpha value is -3.61. The van der Waals surface area contributed by atoms with E-state index in [-0.39, 0.29) is 29.7 Å². The highest BCUT2D eigenvalue weighted by Crippen LogP contribution is 2.29. The number of phenolic OH excluding ortho intramolecular Hbond substituents is 1. The maximum Gasteiger partial charge on any atom is 0.254 e. The number of amides is 3. The molecule has 2 aliphatic rings. The van der Waals surface area contributed by atoms with Gasteiger partial charge < -0.3 is 20.6 Å². The average molecular weight is 377 g/mol. The molecule has 2 aliphatic heterocycles. The third-order valence-electron chi connectivity index (χ3n) is 4.88. The van der Waals surface area contributed by atoms with E-state index in [0.717, 1.165) is 5.57 Å². The van der Waals surface area contributed by atoms with E-state index in [1.165, 1.54) is 6.07 Å². The molecule has 0 aliphatic carbocycles. The van der Waals surface area contributed by atoms with Crippen molar-refractivity contribution in [3.05, 3.63) is 65.2 Å². The molecule has 3 N–H and O–H groups in total. The Morgan fingerprint density at radius 1 is 1.07 bits per heavy atom. The number of nitrogens with zero attached hydrogens (tertiary/aromatic N) is 1. The topological polar surface area (TPSA) is 98.7 Å². The van der Waals surface area contributed by atoms with Gasteiger partial charge in [-0.05, 0) is 36.3 Å². The zero-order valence-electron chi connectivity index (χ0n) is 15.1. The van der Waals surface area contributed by atoms with Crippen molar-refractivity contribution in [2.75, 3.05) is 25.0 Å². The summed E-state index contributed by atoms with van der Waals surface area (Å²) in [5.41, 5.74) is 2.64. The first kappa shape index (κ1) is 17.8. The number of carbonyl (C=O) groups is 3. The van der Waals surface area contributed by atoms with Crippen LogP contribution >= 0.6 is 0 Å². The Morgan fingerprint density at radius 3 is 2.71 bits per heavy atom. The summed E-state index contributed by atoms with van der Waals surface area (Å²) in [4.78, 5) is 38.6. The van der Waals surface area contributed by atoms with Gasteiger partial charge in [-0.25, -0.2) is 0 Å². The van der Waals surface area contributed by atoms with Gasteiger partial charge in [0.1, 0.15) is 5.75 Å². The van der Waals surface area contributed by atoms with Crippen LogP contribution in [-0.2, 0) is 4.79 Å². The molecule has 0 fully saturated rings. The van der Waals surface area contributed by atoms with E-state index >= 15 is 0 Å². The zero-order chi connectivity index (χ0) is 19.7. The number of benzene rings is 2. The van der Waals surface area contributed by atoms with E-state index in [1.807, 2.05) is 18.2 Å². The van der Waals surface area contributed by atoms with E-state index < -0.39 is 5.91 Å². The zero-order valence-corrected chi connectivity index (χ0v) is 15.1. The predicted molar refractivity (Wildman–Crippen MR) is 104 cm³/mol. The lowest BCUT2D eigenvalue weighted by atomic mass is 9.99. The van der Waals surface area contributed by atoms with Gasteiger partial charge in [0.25, 0.3) is 11.8 Å². The first-order valence-corrected chi connectivity index (χ1v) is 9.02. The number of hydrogen-bond donors (Lipinski definition) is 3. The molecular weight excluding hydrogens is 358 g/mol. The largest absolute Gasteiger partial charge is 0.507 e. The minimum Gasteiger partial charge on any atom is -0.507 e. The van der Waals surface area contributed by atoms with Gasteiger partial charge in [-0.2, -0.15) is 0 Å². The molecular formula is C21H19N3O4. The van der Waals surface area contributed by atoms with Crippen LogP contribution < -0.4 is 10.6 Å². The predicted octanol–water partition coefficient (Wildman–Crippen LogP) is 2.00. The molecule has 0 atom stereocenters. The lowest BCUT2D eigenvalue weighted by molar-refractivity contribution is -0.115. The molecule has 4 rings (SSSR count). The minimum absolute atomic E-state index is 0.0996. The fourth-order valence-electron chi connectivity index (χ4n) is 3.46. The van der Waals surface area contributed by atoms with Gasteiger partial charge in [0.05, 0.1) is 17.8 Å². The van der Waals surface area contributed by atoms with Crippen LogP contribution in [0.5, 0.6) is 5.75 Å². The molecule has 0 saturated carbocycles. The maximum atomic E-state index is 13.0. The smallest absolute Gasteiger partial charge is 0.254 e. The van der Waals surface area contributed by atoms with Crippen molar-refractivity contribution in [1.29, 1.82) is 0 Å². The second kappa shape index (κ2) is 7.19. The molecule has 7 nitrogen and oxygen atoms in total.